The highest BCUT2D eigenvalue weighted by atomic mass is 79.9. The summed E-state index contributed by atoms with van der Waals surface area (Å²) in [6, 6.07) is 12.6. The molecule has 0 saturated carbocycles. The van der Waals surface area contributed by atoms with E-state index in [4.69, 9.17) is 16.3 Å². The number of phenolic OH excluding ortho intramolecular Hbond substituents is 1. The molecule has 0 heterocycles. The van der Waals surface area contributed by atoms with E-state index in [9.17, 15) is 5.11 Å². The van der Waals surface area contributed by atoms with Crippen molar-refractivity contribution in [3.05, 3.63) is 58.6 Å². The van der Waals surface area contributed by atoms with Crippen molar-refractivity contribution in [3.63, 3.8) is 0 Å². The molecule has 2 aromatic carbocycles. The molecule has 0 unspecified atom stereocenters. The van der Waals surface area contributed by atoms with Gasteiger partial charge in [-0.15, -0.1) is 0 Å². The third-order valence-corrected chi connectivity index (χ3v) is 3.43. The van der Waals surface area contributed by atoms with Gasteiger partial charge in [-0.1, -0.05) is 45.7 Å². The molecule has 0 atom stereocenters. The van der Waals surface area contributed by atoms with Crippen LogP contribution in [0.1, 0.15) is 11.1 Å². The van der Waals surface area contributed by atoms with E-state index in [-0.39, 0.29) is 5.75 Å². The minimum atomic E-state index is 0.239. The molecule has 94 valence electrons. The second-order valence-electron chi connectivity index (χ2n) is 3.81. The summed E-state index contributed by atoms with van der Waals surface area (Å²) in [6.45, 7) is 0.398. The van der Waals surface area contributed by atoms with Gasteiger partial charge in [0.05, 0.1) is 0 Å². The SMILES string of the molecule is Oc1cccc(COc2cccc(Cl)c2CBr)c1. The van der Waals surface area contributed by atoms with E-state index < -0.39 is 0 Å². The van der Waals surface area contributed by atoms with Crippen LogP contribution in [0.15, 0.2) is 42.5 Å². The Morgan fingerprint density at radius 2 is 1.94 bits per heavy atom. The molecule has 0 bridgehead atoms. The van der Waals surface area contributed by atoms with Crippen LogP contribution in [0.2, 0.25) is 5.02 Å². The minimum Gasteiger partial charge on any atom is -0.508 e. The zero-order valence-corrected chi connectivity index (χ0v) is 11.9. The molecule has 0 saturated heterocycles. The average molecular weight is 328 g/mol. The number of aromatic hydroxyl groups is 1. The van der Waals surface area contributed by atoms with E-state index in [2.05, 4.69) is 15.9 Å². The Bertz CT molecular complexity index is 543. The number of hydrogen-bond donors (Lipinski definition) is 1. The molecule has 2 aromatic rings. The number of ether oxygens (including phenoxy) is 1. The number of phenols is 1. The van der Waals surface area contributed by atoms with Gasteiger partial charge in [0.1, 0.15) is 18.1 Å². The molecule has 0 aliphatic heterocycles. The van der Waals surface area contributed by atoms with E-state index in [0.29, 0.717) is 17.0 Å². The zero-order valence-electron chi connectivity index (χ0n) is 9.57. The molecule has 0 spiro atoms. The molecule has 2 nitrogen and oxygen atoms in total. The summed E-state index contributed by atoms with van der Waals surface area (Å²) in [7, 11) is 0. The number of alkyl halides is 1. The van der Waals surface area contributed by atoms with E-state index >= 15 is 0 Å². The minimum absolute atomic E-state index is 0.239. The van der Waals surface area contributed by atoms with E-state index in [0.717, 1.165) is 16.9 Å². The zero-order chi connectivity index (χ0) is 13.0. The predicted octanol–water partition coefficient (Wildman–Crippen LogP) is 4.52. The summed E-state index contributed by atoms with van der Waals surface area (Å²) >= 11 is 9.48. The Kier molecular flexibility index (Phi) is 4.50. The van der Waals surface area contributed by atoms with Crippen LogP contribution >= 0.6 is 27.5 Å². The van der Waals surface area contributed by atoms with Crippen LogP contribution in [0, 0.1) is 0 Å². The van der Waals surface area contributed by atoms with E-state index in [1.54, 1.807) is 18.2 Å². The molecule has 0 aliphatic rings. The van der Waals surface area contributed by atoms with Crippen molar-refractivity contribution in [1.82, 2.24) is 0 Å². The second kappa shape index (κ2) is 6.12. The summed E-state index contributed by atoms with van der Waals surface area (Å²) in [5.74, 6) is 0.991. The smallest absolute Gasteiger partial charge is 0.125 e. The largest absolute Gasteiger partial charge is 0.508 e. The number of rotatable bonds is 4. The summed E-state index contributed by atoms with van der Waals surface area (Å²) in [5, 5.41) is 10.7. The van der Waals surface area contributed by atoms with Crippen LogP contribution in [0.3, 0.4) is 0 Å². The number of halogens is 2. The standard InChI is InChI=1S/C14H12BrClO2/c15-8-12-13(16)5-2-6-14(12)18-9-10-3-1-4-11(17)7-10/h1-7,17H,8-9H2. The van der Waals surface area contributed by atoms with Crippen molar-refractivity contribution in [3.8, 4) is 11.5 Å². The Balaban J connectivity index is 2.13. The van der Waals surface area contributed by atoms with Crippen LogP contribution in [0.25, 0.3) is 0 Å². The van der Waals surface area contributed by atoms with Gasteiger partial charge in [0.2, 0.25) is 0 Å². The third-order valence-electron chi connectivity index (χ3n) is 2.51. The first kappa shape index (κ1) is 13.2. The Labute approximate surface area is 119 Å². The van der Waals surface area contributed by atoms with Gasteiger partial charge in [-0.2, -0.15) is 0 Å². The lowest BCUT2D eigenvalue weighted by atomic mass is 10.2. The molecule has 0 amide bonds. The van der Waals surface area contributed by atoms with Gasteiger partial charge in [-0.3, -0.25) is 0 Å². The van der Waals surface area contributed by atoms with Crippen LogP contribution in [0.5, 0.6) is 11.5 Å². The van der Waals surface area contributed by atoms with Gasteiger partial charge in [0, 0.05) is 15.9 Å². The fourth-order valence-electron chi connectivity index (χ4n) is 1.61. The van der Waals surface area contributed by atoms with Gasteiger partial charge >= 0.3 is 0 Å². The van der Waals surface area contributed by atoms with Crippen LogP contribution in [-0.4, -0.2) is 5.11 Å². The molecule has 2 rings (SSSR count). The van der Waals surface area contributed by atoms with Gasteiger partial charge in [0.15, 0.2) is 0 Å². The Morgan fingerprint density at radius 3 is 2.67 bits per heavy atom. The summed E-state index contributed by atoms with van der Waals surface area (Å²) in [4.78, 5) is 0. The fraction of sp³-hybridized carbons (Fsp3) is 0.143. The monoisotopic (exact) mass is 326 g/mol. The predicted molar refractivity (Wildman–Crippen MR) is 76.5 cm³/mol. The number of benzene rings is 2. The van der Waals surface area contributed by atoms with Crippen molar-refractivity contribution >= 4 is 27.5 Å². The normalized spacial score (nSPS) is 10.3. The molecule has 18 heavy (non-hydrogen) atoms. The lowest BCUT2D eigenvalue weighted by Gasteiger charge is -2.11. The maximum Gasteiger partial charge on any atom is 0.125 e. The van der Waals surface area contributed by atoms with Crippen molar-refractivity contribution < 1.29 is 9.84 Å². The van der Waals surface area contributed by atoms with Gasteiger partial charge in [-0.25, -0.2) is 0 Å². The highest BCUT2D eigenvalue weighted by Crippen LogP contribution is 2.29. The van der Waals surface area contributed by atoms with Crippen LogP contribution < -0.4 is 4.74 Å². The van der Waals surface area contributed by atoms with Gasteiger partial charge < -0.3 is 9.84 Å². The second-order valence-corrected chi connectivity index (χ2v) is 4.78. The Hall–Kier alpha value is -1.19. The van der Waals surface area contributed by atoms with E-state index in [1.807, 2.05) is 24.3 Å². The van der Waals surface area contributed by atoms with Crippen LogP contribution in [0.4, 0.5) is 0 Å². The van der Waals surface area contributed by atoms with E-state index in [1.165, 1.54) is 0 Å². The highest BCUT2D eigenvalue weighted by Gasteiger charge is 2.07. The maximum atomic E-state index is 9.37. The fourth-order valence-corrected chi connectivity index (χ4v) is 2.58. The first-order valence-electron chi connectivity index (χ1n) is 5.45. The summed E-state index contributed by atoms with van der Waals surface area (Å²) in [6.07, 6.45) is 0. The molecule has 0 fully saturated rings. The summed E-state index contributed by atoms with van der Waals surface area (Å²) < 4.78 is 5.72. The molecule has 1 N–H and O–H groups in total. The van der Waals surface area contributed by atoms with Crippen LogP contribution in [-0.2, 0) is 11.9 Å². The lowest BCUT2D eigenvalue weighted by molar-refractivity contribution is 0.303. The molecular formula is C14H12BrClO2. The highest BCUT2D eigenvalue weighted by molar-refractivity contribution is 9.08. The molecule has 0 radical (unpaired) electrons. The first-order valence-corrected chi connectivity index (χ1v) is 6.94. The van der Waals surface area contributed by atoms with Crippen molar-refractivity contribution in [2.24, 2.45) is 0 Å². The van der Waals surface area contributed by atoms with Crippen molar-refractivity contribution in [2.45, 2.75) is 11.9 Å². The quantitative estimate of drug-likeness (QED) is 0.837. The topological polar surface area (TPSA) is 29.5 Å². The molecular weight excluding hydrogens is 316 g/mol. The summed E-state index contributed by atoms with van der Waals surface area (Å²) in [5.41, 5.74) is 1.84. The third kappa shape index (κ3) is 3.18. The van der Waals surface area contributed by atoms with Gasteiger partial charge in [-0.05, 0) is 29.8 Å². The van der Waals surface area contributed by atoms with Gasteiger partial charge in [0.25, 0.3) is 0 Å². The van der Waals surface area contributed by atoms with Crippen molar-refractivity contribution in [1.29, 1.82) is 0 Å². The van der Waals surface area contributed by atoms with Crippen molar-refractivity contribution in [2.75, 3.05) is 0 Å². The molecule has 0 aromatic heterocycles. The Morgan fingerprint density at radius 1 is 1.17 bits per heavy atom. The number of hydrogen-bond acceptors (Lipinski definition) is 2. The average Bonchev–Trinajstić information content (AvgIpc) is 2.36. The first-order chi connectivity index (χ1) is 8.70. The maximum absolute atomic E-state index is 9.37. The molecule has 4 heteroatoms. The molecule has 0 aliphatic carbocycles. The lowest BCUT2D eigenvalue weighted by Crippen LogP contribution is -1.98.